The highest BCUT2D eigenvalue weighted by atomic mass is 32.1. The molecule has 0 unspecified atom stereocenters. The maximum atomic E-state index is 11.0. The lowest BCUT2D eigenvalue weighted by Gasteiger charge is -2.22. The van der Waals surface area contributed by atoms with Crippen molar-refractivity contribution in [2.75, 3.05) is 13.1 Å². The molecule has 3 nitrogen and oxygen atoms in total. The zero-order valence-electron chi connectivity index (χ0n) is 14.6. The zero-order chi connectivity index (χ0) is 17.6. The molecule has 1 saturated heterocycles. The smallest absolute Gasteiger partial charge is 0.304 e. The molecule has 1 aliphatic rings. The normalized spacial score (nSPS) is 18.6. The van der Waals surface area contributed by atoms with Crippen LogP contribution in [0.5, 0.6) is 0 Å². The van der Waals surface area contributed by atoms with Gasteiger partial charge in [0.15, 0.2) is 0 Å². The number of aryl methyl sites for hydroxylation is 1. The molecule has 1 N–H and O–H groups in total. The van der Waals surface area contributed by atoms with E-state index in [1.54, 1.807) is 11.3 Å². The highest BCUT2D eigenvalue weighted by molar-refractivity contribution is 7.11. The lowest BCUT2D eigenvalue weighted by molar-refractivity contribution is -0.138. The van der Waals surface area contributed by atoms with Crippen molar-refractivity contribution in [1.82, 2.24) is 4.90 Å². The molecule has 1 atom stereocenters. The van der Waals surface area contributed by atoms with Crippen LogP contribution in [0.4, 0.5) is 0 Å². The number of likely N-dealkylation sites (tertiary alicyclic amines) is 1. The number of nitrogens with zero attached hydrogens (tertiary/aromatic N) is 1. The molecule has 0 aliphatic carbocycles. The third kappa shape index (κ3) is 4.59. The number of aliphatic carboxylic acids is 1. The number of carboxylic acid groups (broad SMARTS) is 1. The molecule has 2 aromatic rings. The largest absolute Gasteiger partial charge is 0.481 e. The van der Waals surface area contributed by atoms with Gasteiger partial charge in [-0.1, -0.05) is 36.4 Å². The maximum absolute atomic E-state index is 11.0. The molecule has 132 valence electrons. The lowest BCUT2D eigenvalue weighted by atomic mass is 10.0. The van der Waals surface area contributed by atoms with Crippen LogP contribution in [0.2, 0.25) is 0 Å². The van der Waals surface area contributed by atoms with Crippen LogP contribution in [0.1, 0.15) is 41.7 Å². The van der Waals surface area contributed by atoms with E-state index in [0.717, 1.165) is 32.4 Å². The SMILES string of the molecule is Cc1ccsc1C(=CCCN1CCC[C@H]1CC(=O)O)c1ccccc1. The van der Waals surface area contributed by atoms with Gasteiger partial charge in [0.25, 0.3) is 0 Å². The van der Waals surface area contributed by atoms with Crippen molar-refractivity contribution in [2.24, 2.45) is 0 Å². The van der Waals surface area contributed by atoms with Crippen LogP contribution in [-0.2, 0) is 4.79 Å². The molecule has 1 aliphatic heterocycles. The van der Waals surface area contributed by atoms with Crippen LogP contribution in [0, 0.1) is 6.92 Å². The Balaban J connectivity index is 1.74. The summed E-state index contributed by atoms with van der Waals surface area (Å²) >= 11 is 1.78. The summed E-state index contributed by atoms with van der Waals surface area (Å²) in [5.74, 6) is -0.688. The average Bonchev–Trinajstić information content (AvgIpc) is 3.21. The number of hydrogen-bond donors (Lipinski definition) is 1. The predicted molar refractivity (Wildman–Crippen MR) is 104 cm³/mol. The topological polar surface area (TPSA) is 40.5 Å². The highest BCUT2D eigenvalue weighted by Gasteiger charge is 2.25. The van der Waals surface area contributed by atoms with Crippen LogP contribution in [0.3, 0.4) is 0 Å². The van der Waals surface area contributed by atoms with Gasteiger partial charge < -0.3 is 5.11 Å². The number of carboxylic acids is 1. The van der Waals surface area contributed by atoms with Gasteiger partial charge in [0.05, 0.1) is 6.42 Å². The van der Waals surface area contributed by atoms with Gasteiger partial charge in [0, 0.05) is 17.5 Å². The first kappa shape index (κ1) is 17.9. The van der Waals surface area contributed by atoms with Crippen LogP contribution >= 0.6 is 11.3 Å². The summed E-state index contributed by atoms with van der Waals surface area (Å²) in [6.45, 7) is 4.11. The van der Waals surface area contributed by atoms with Gasteiger partial charge in [-0.2, -0.15) is 0 Å². The molecular weight excluding hydrogens is 330 g/mol. The summed E-state index contributed by atoms with van der Waals surface area (Å²) in [7, 11) is 0. The summed E-state index contributed by atoms with van der Waals surface area (Å²) in [5, 5.41) is 11.2. The summed E-state index contributed by atoms with van der Waals surface area (Å²) in [6, 6.07) is 12.9. The minimum absolute atomic E-state index is 0.203. The summed E-state index contributed by atoms with van der Waals surface area (Å²) < 4.78 is 0. The number of carbonyl (C=O) groups is 1. The van der Waals surface area contributed by atoms with E-state index in [4.69, 9.17) is 5.11 Å². The van der Waals surface area contributed by atoms with Crippen molar-refractivity contribution in [3.8, 4) is 0 Å². The van der Waals surface area contributed by atoms with Crippen molar-refractivity contribution >= 4 is 22.9 Å². The molecule has 0 bridgehead atoms. The summed E-state index contributed by atoms with van der Waals surface area (Å²) in [4.78, 5) is 14.7. The molecule has 0 radical (unpaired) electrons. The van der Waals surface area contributed by atoms with Gasteiger partial charge in [-0.05, 0) is 60.9 Å². The first-order chi connectivity index (χ1) is 12.1. The van der Waals surface area contributed by atoms with Crippen molar-refractivity contribution in [3.05, 3.63) is 63.9 Å². The predicted octanol–water partition coefficient (Wildman–Crippen LogP) is 4.82. The molecule has 0 spiro atoms. The van der Waals surface area contributed by atoms with E-state index in [0.29, 0.717) is 0 Å². The van der Waals surface area contributed by atoms with Crippen LogP contribution < -0.4 is 0 Å². The van der Waals surface area contributed by atoms with E-state index < -0.39 is 5.97 Å². The van der Waals surface area contributed by atoms with Gasteiger partial charge in [0.2, 0.25) is 0 Å². The average molecular weight is 356 g/mol. The van der Waals surface area contributed by atoms with Gasteiger partial charge in [-0.25, -0.2) is 0 Å². The lowest BCUT2D eigenvalue weighted by Crippen LogP contribution is -2.32. The Bertz CT molecular complexity index is 735. The van der Waals surface area contributed by atoms with Crippen molar-refractivity contribution in [3.63, 3.8) is 0 Å². The van der Waals surface area contributed by atoms with E-state index in [1.807, 2.05) is 6.07 Å². The second-order valence-electron chi connectivity index (χ2n) is 6.64. The molecule has 0 saturated carbocycles. The Labute approximate surface area is 153 Å². The van der Waals surface area contributed by atoms with Gasteiger partial charge >= 0.3 is 5.97 Å². The quantitative estimate of drug-likeness (QED) is 0.774. The fraction of sp³-hybridized carbons (Fsp3) is 0.381. The van der Waals surface area contributed by atoms with Crippen molar-refractivity contribution in [2.45, 2.75) is 38.6 Å². The van der Waals surface area contributed by atoms with Crippen molar-refractivity contribution < 1.29 is 9.90 Å². The Morgan fingerprint density at radius 2 is 2.12 bits per heavy atom. The van der Waals surface area contributed by atoms with E-state index >= 15 is 0 Å². The molecule has 25 heavy (non-hydrogen) atoms. The van der Waals surface area contributed by atoms with E-state index in [9.17, 15) is 4.79 Å². The first-order valence-corrected chi connectivity index (χ1v) is 9.79. The molecular formula is C21H25NO2S. The number of hydrogen-bond acceptors (Lipinski definition) is 3. The molecule has 1 fully saturated rings. The highest BCUT2D eigenvalue weighted by Crippen LogP contribution is 2.31. The molecule has 1 aromatic heterocycles. The minimum Gasteiger partial charge on any atom is -0.481 e. The van der Waals surface area contributed by atoms with Crippen LogP contribution in [-0.4, -0.2) is 35.1 Å². The number of rotatable bonds is 7. The third-order valence-corrected chi connectivity index (χ3v) is 5.92. The Kier molecular flexibility index (Phi) is 6.05. The standard InChI is InChI=1S/C21H25NO2S/c1-16-11-14-25-21(16)19(17-7-3-2-4-8-17)10-6-13-22-12-5-9-18(22)15-20(23)24/h2-4,7-8,10-11,14,18H,5-6,9,12-13,15H2,1H3,(H,23,24)/t18-/m0/s1. The van der Waals surface area contributed by atoms with Crippen molar-refractivity contribution in [1.29, 1.82) is 0 Å². The van der Waals surface area contributed by atoms with Gasteiger partial charge in [-0.15, -0.1) is 11.3 Å². The number of benzene rings is 1. The molecule has 0 amide bonds. The first-order valence-electron chi connectivity index (χ1n) is 8.91. The Hall–Kier alpha value is -1.91. The monoisotopic (exact) mass is 355 g/mol. The van der Waals surface area contributed by atoms with E-state index in [1.165, 1.54) is 21.6 Å². The third-order valence-electron chi connectivity index (χ3n) is 4.87. The fourth-order valence-corrected chi connectivity index (χ4v) is 4.60. The molecule has 3 rings (SSSR count). The van der Waals surface area contributed by atoms with Crippen LogP contribution in [0.15, 0.2) is 47.9 Å². The van der Waals surface area contributed by atoms with Gasteiger partial charge in [-0.3, -0.25) is 9.69 Å². The second kappa shape index (κ2) is 8.45. The molecule has 1 aromatic carbocycles. The fourth-order valence-electron chi connectivity index (χ4n) is 3.60. The summed E-state index contributed by atoms with van der Waals surface area (Å²) in [5.41, 5.74) is 3.85. The Morgan fingerprint density at radius 1 is 1.32 bits per heavy atom. The molecule has 4 heteroatoms. The maximum Gasteiger partial charge on any atom is 0.304 e. The summed E-state index contributed by atoms with van der Waals surface area (Å²) in [6.07, 6.45) is 5.64. The molecule has 2 heterocycles. The van der Waals surface area contributed by atoms with Crippen LogP contribution in [0.25, 0.3) is 5.57 Å². The Morgan fingerprint density at radius 3 is 2.80 bits per heavy atom. The minimum atomic E-state index is -0.688. The number of thiophene rings is 1. The second-order valence-corrected chi connectivity index (χ2v) is 7.55. The zero-order valence-corrected chi connectivity index (χ0v) is 15.5. The van der Waals surface area contributed by atoms with Gasteiger partial charge in [0.1, 0.15) is 0 Å². The van der Waals surface area contributed by atoms with E-state index in [-0.39, 0.29) is 12.5 Å². The van der Waals surface area contributed by atoms with E-state index in [2.05, 4.69) is 53.6 Å².